The number of thioether (sulfide) groups is 1. The second-order valence-corrected chi connectivity index (χ2v) is 9.81. The van der Waals surface area contributed by atoms with E-state index in [4.69, 9.17) is 4.74 Å². The van der Waals surface area contributed by atoms with Crippen molar-refractivity contribution in [2.24, 2.45) is 4.99 Å². The normalized spacial score (nSPS) is 25.8. The van der Waals surface area contributed by atoms with Gasteiger partial charge in [-0.25, -0.2) is 13.1 Å². The SMILES string of the molecule is CCC1CN(C(=NC)NCCS(=O)(=O)NCC2CCCCO2)CCS1. The van der Waals surface area contributed by atoms with Gasteiger partial charge in [0.25, 0.3) is 0 Å². The number of aliphatic imine (C=N–C) groups is 1. The predicted octanol–water partition coefficient (Wildman–Crippen LogP) is 0.878. The Morgan fingerprint density at radius 1 is 1.40 bits per heavy atom. The first kappa shape index (κ1) is 20.8. The molecule has 0 aromatic rings. The van der Waals surface area contributed by atoms with E-state index in [1.54, 1.807) is 7.05 Å². The molecular formula is C16H32N4O3S2. The van der Waals surface area contributed by atoms with E-state index >= 15 is 0 Å². The highest BCUT2D eigenvalue weighted by molar-refractivity contribution is 8.00. The molecule has 0 aliphatic carbocycles. The molecule has 0 aromatic heterocycles. The summed E-state index contributed by atoms with van der Waals surface area (Å²) in [4.78, 5) is 6.53. The van der Waals surface area contributed by atoms with Crippen LogP contribution in [0.5, 0.6) is 0 Å². The summed E-state index contributed by atoms with van der Waals surface area (Å²) >= 11 is 2.00. The Bertz CT molecular complexity index is 521. The molecule has 7 nitrogen and oxygen atoms in total. The van der Waals surface area contributed by atoms with Crippen LogP contribution in [0.1, 0.15) is 32.6 Å². The zero-order chi connectivity index (χ0) is 18.1. The molecule has 2 aliphatic heterocycles. The summed E-state index contributed by atoms with van der Waals surface area (Å²) < 4.78 is 32.5. The van der Waals surface area contributed by atoms with Crippen molar-refractivity contribution in [1.82, 2.24) is 14.9 Å². The quantitative estimate of drug-likeness (QED) is 0.494. The highest BCUT2D eigenvalue weighted by Crippen LogP contribution is 2.20. The van der Waals surface area contributed by atoms with Crippen molar-refractivity contribution in [1.29, 1.82) is 0 Å². The zero-order valence-electron chi connectivity index (χ0n) is 15.4. The fourth-order valence-corrected chi connectivity index (χ4v) is 5.18. The molecule has 0 aromatic carbocycles. The Balaban J connectivity index is 1.71. The lowest BCUT2D eigenvalue weighted by Gasteiger charge is -2.34. The lowest BCUT2D eigenvalue weighted by atomic mass is 10.1. The van der Waals surface area contributed by atoms with Gasteiger partial charge in [-0.2, -0.15) is 11.8 Å². The highest BCUT2D eigenvalue weighted by Gasteiger charge is 2.22. The largest absolute Gasteiger partial charge is 0.377 e. The van der Waals surface area contributed by atoms with E-state index in [0.717, 1.165) is 57.1 Å². The van der Waals surface area contributed by atoms with E-state index in [9.17, 15) is 8.42 Å². The molecule has 0 spiro atoms. The van der Waals surface area contributed by atoms with Crippen molar-refractivity contribution in [3.8, 4) is 0 Å². The number of ether oxygens (including phenoxy) is 1. The monoisotopic (exact) mass is 392 g/mol. The predicted molar refractivity (Wildman–Crippen MR) is 105 cm³/mol. The standard InChI is InChI=1S/C16H32N4O3S2/c1-3-15-13-20(8-10-24-15)16(17-2)18-7-11-25(21,22)19-12-14-6-4-5-9-23-14/h14-15,19H,3-13H2,1-2H3,(H,17,18). The molecule has 2 fully saturated rings. The summed E-state index contributed by atoms with van der Waals surface area (Å²) in [5.41, 5.74) is 0. The van der Waals surface area contributed by atoms with Gasteiger partial charge in [-0.1, -0.05) is 6.92 Å². The van der Waals surface area contributed by atoms with Gasteiger partial charge < -0.3 is 15.0 Å². The summed E-state index contributed by atoms with van der Waals surface area (Å²) in [6.45, 7) is 5.57. The summed E-state index contributed by atoms with van der Waals surface area (Å²) in [7, 11) is -1.55. The van der Waals surface area contributed by atoms with Gasteiger partial charge in [0, 0.05) is 50.8 Å². The minimum absolute atomic E-state index is 0.0149. The van der Waals surface area contributed by atoms with E-state index in [2.05, 4.69) is 26.9 Å². The fraction of sp³-hybridized carbons (Fsp3) is 0.938. The maximum atomic E-state index is 12.2. The van der Waals surface area contributed by atoms with E-state index in [1.807, 2.05) is 11.8 Å². The Labute approximate surface area is 156 Å². The van der Waals surface area contributed by atoms with Crippen molar-refractivity contribution < 1.29 is 13.2 Å². The lowest BCUT2D eigenvalue weighted by molar-refractivity contribution is 0.0200. The number of hydrogen-bond acceptors (Lipinski definition) is 5. The van der Waals surface area contributed by atoms with Crippen LogP contribution < -0.4 is 10.0 Å². The van der Waals surface area contributed by atoms with Gasteiger partial charge in [-0.05, 0) is 25.7 Å². The Morgan fingerprint density at radius 3 is 2.92 bits per heavy atom. The molecule has 0 radical (unpaired) electrons. The molecule has 0 saturated carbocycles. The van der Waals surface area contributed by atoms with Crippen molar-refractivity contribution in [3.63, 3.8) is 0 Å². The number of nitrogens with zero attached hydrogens (tertiary/aromatic N) is 2. The van der Waals surface area contributed by atoms with Crippen LogP contribution in [0.25, 0.3) is 0 Å². The molecule has 9 heteroatoms. The number of nitrogens with one attached hydrogen (secondary N) is 2. The van der Waals surface area contributed by atoms with Crippen LogP contribution in [-0.4, -0.2) is 82.0 Å². The van der Waals surface area contributed by atoms with E-state index in [-0.39, 0.29) is 11.9 Å². The molecule has 2 N–H and O–H groups in total. The van der Waals surface area contributed by atoms with Crippen LogP contribution in [0.2, 0.25) is 0 Å². The van der Waals surface area contributed by atoms with Gasteiger partial charge in [0.15, 0.2) is 5.96 Å². The second kappa shape index (κ2) is 10.6. The average Bonchev–Trinajstić information content (AvgIpc) is 2.64. The highest BCUT2D eigenvalue weighted by atomic mass is 32.2. The molecular weight excluding hydrogens is 360 g/mol. The first-order valence-corrected chi connectivity index (χ1v) is 11.9. The first-order valence-electron chi connectivity index (χ1n) is 9.20. The maximum absolute atomic E-state index is 12.2. The van der Waals surface area contributed by atoms with Crippen molar-refractivity contribution >= 4 is 27.7 Å². The topological polar surface area (TPSA) is 83.0 Å². The van der Waals surface area contributed by atoms with Crippen LogP contribution >= 0.6 is 11.8 Å². The molecule has 2 atom stereocenters. The van der Waals surface area contributed by atoms with E-state index in [1.165, 1.54) is 0 Å². The van der Waals surface area contributed by atoms with Gasteiger partial charge in [-0.3, -0.25) is 4.99 Å². The Hall–Kier alpha value is -0.510. The molecule has 2 heterocycles. The van der Waals surface area contributed by atoms with Crippen molar-refractivity contribution in [2.45, 2.75) is 44.0 Å². The van der Waals surface area contributed by atoms with Crippen molar-refractivity contribution in [3.05, 3.63) is 0 Å². The summed E-state index contributed by atoms with van der Waals surface area (Å²) in [5.74, 6) is 1.92. The Morgan fingerprint density at radius 2 is 2.24 bits per heavy atom. The molecule has 2 rings (SSSR count). The molecule has 2 unspecified atom stereocenters. The molecule has 25 heavy (non-hydrogen) atoms. The zero-order valence-corrected chi connectivity index (χ0v) is 17.0. The first-order chi connectivity index (χ1) is 12.0. The summed E-state index contributed by atoms with van der Waals surface area (Å²) in [5, 5.41) is 3.81. The third-order valence-electron chi connectivity index (χ3n) is 4.56. The number of hydrogen-bond donors (Lipinski definition) is 2. The number of rotatable bonds is 7. The van der Waals surface area contributed by atoms with Crippen LogP contribution in [-0.2, 0) is 14.8 Å². The summed E-state index contributed by atoms with van der Waals surface area (Å²) in [6.07, 6.45) is 4.26. The Kier molecular flexibility index (Phi) is 8.81. The summed E-state index contributed by atoms with van der Waals surface area (Å²) in [6, 6.07) is 0. The minimum atomic E-state index is -3.30. The van der Waals surface area contributed by atoms with Crippen LogP contribution in [0.3, 0.4) is 0 Å². The number of sulfonamides is 1. The van der Waals surface area contributed by atoms with Gasteiger partial charge in [-0.15, -0.1) is 0 Å². The van der Waals surface area contributed by atoms with Crippen LogP contribution in [0, 0.1) is 0 Å². The lowest BCUT2D eigenvalue weighted by Crippen LogP contribution is -2.49. The average molecular weight is 393 g/mol. The maximum Gasteiger partial charge on any atom is 0.213 e. The van der Waals surface area contributed by atoms with Crippen LogP contribution in [0.4, 0.5) is 0 Å². The van der Waals surface area contributed by atoms with E-state index in [0.29, 0.717) is 18.3 Å². The molecule has 2 saturated heterocycles. The molecule has 0 amide bonds. The molecule has 2 aliphatic rings. The third kappa shape index (κ3) is 7.32. The molecule has 0 bridgehead atoms. The van der Waals surface area contributed by atoms with Gasteiger partial charge in [0.1, 0.15) is 0 Å². The van der Waals surface area contributed by atoms with Gasteiger partial charge in [0.2, 0.25) is 10.0 Å². The van der Waals surface area contributed by atoms with Crippen LogP contribution in [0.15, 0.2) is 4.99 Å². The van der Waals surface area contributed by atoms with Gasteiger partial charge >= 0.3 is 0 Å². The number of guanidine groups is 1. The third-order valence-corrected chi connectivity index (χ3v) is 7.28. The second-order valence-electron chi connectivity index (χ2n) is 6.48. The molecule has 146 valence electrons. The van der Waals surface area contributed by atoms with Gasteiger partial charge in [0.05, 0.1) is 11.9 Å². The van der Waals surface area contributed by atoms with E-state index < -0.39 is 10.0 Å². The van der Waals surface area contributed by atoms with Crippen molar-refractivity contribution in [2.75, 3.05) is 51.3 Å². The fourth-order valence-electron chi connectivity index (χ4n) is 3.05. The minimum Gasteiger partial charge on any atom is -0.377 e. The smallest absolute Gasteiger partial charge is 0.213 e.